The molecule has 132 valence electrons. The largest absolute Gasteiger partial charge is 0.497 e. The van der Waals surface area contributed by atoms with E-state index in [0.717, 1.165) is 24.2 Å². The van der Waals surface area contributed by atoms with Crippen LogP contribution < -0.4 is 14.8 Å². The van der Waals surface area contributed by atoms with Gasteiger partial charge in [-0.15, -0.1) is 0 Å². The molecule has 4 nitrogen and oxygen atoms in total. The molecule has 0 aromatic heterocycles. The van der Waals surface area contributed by atoms with Crippen LogP contribution in [0.4, 0.5) is 5.69 Å². The first kappa shape index (κ1) is 18.9. The predicted molar refractivity (Wildman–Crippen MR) is 103 cm³/mol. The third kappa shape index (κ3) is 6.16. The summed E-state index contributed by atoms with van der Waals surface area (Å²) in [6.45, 7) is 2.70. The van der Waals surface area contributed by atoms with Crippen LogP contribution in [0, 0.1) is 0 Å². The van der Waals surface area contributed by atoms with E-state index in [-0.39, 0.29) is 5.91 Å². The summed E-state index contributed by atoms with van der Waals surface area (Å²) in [5, 5.41) is 3.35. The summed E-state index contributed by atoms with van der Waals surface area (Å²) in [5.41, 5.74) is 1.47. The van der Waals surface area contributed by atoms with Crippen molar-refractivity contribution >= 4 is 29.3 Å². The molecular weight excluding hydrogens is 338 g/mol. The molecule has 2 aromatic rings. The minimum atomic E-state index is -0.251. The highest BCUT2D eigenvalue weighted by atomic mass is 35.5. The normalized spacial score (nSPS) is 10.7. The number of rotatable bonds is 8. The second-order valence-electron chi connectivity index (χ2n) is 5.44. The number of benzene rings is 2. The van der Waals surface area contributed by atoms with E-state index in [2.05, 4.69) is 12.2 Å². The highest BCUT2D eigenvalue weighted by Gasteiger charge is 2.07. The van der Waals surface area contributed by atoms with Gasteiger partial charge in [0.25, 0.3) is 0 Å². The van der Waals surface area contributed by atoms with Crippen molar-refractivity contribution in [1.82, 2.24) is 0 Å². The lowest BCUT2D eigenvalue weighted by Crippen LogP contribution is -2.10. The summed E-state index contributed by atoms with van der Waals surface area (Å²) in [5.74, 6) is 1.14. The zero-order valence-corrected chi connectivity index (χ0v) is 15.2. The second kappa shape index (κ2) is 9.74. The molecule has 0 aliphatic heterocycles. The number of anilines is 1. The zero-order chi connectivity index (χ0) is 18.1. The van der Waals surface area contributed by atoms with Crippen LogP contribution in [0.5, 0.6) is 11.5 Å². The average Bonchev–Trinajstić information content (AvgIpc) is 2.62. The van der Waals surface area contributed by atoms with E-state index in [9.17, 15) is 4.79 Å². The Kier molecular flexibility index (Phi) is 7.36. The third-order valence-electron chi connectivity index (χ3n) is 3.50. The quantitative estimate of drug-likeness (QED) is 0.522. The van der Waals surface area contributed by atoms with Gasteiger partial charge in [0.2, 0.25) is 5.91 Å². The van der Waals surface area contributed by atoms with Gasteiger partial charge < -0.3 is 14.8 Å². The number of nitrogens with one attached hydrogen (secondary N) is 1. The number of ether oxygens (including phenoxy) is 2. The Morgan fingerprint density at radius 1 is 1.20 bits per heavy atom. The van der Waals surface area contributed by atoms with Gasteiger partial charge in [0.1, 0.15) is 11.5 Å². The van der Waals surface area contributed by atoms with Crippen LogP contribution in [0.3, 0.4) is 0 Å². The summed E-state index contributed by atoms with van der Waals surface area (Å²) < 4.78 is 10.8. The van der Waals surface area contributed by atoms with Crippen molar-refractivity contribution in [3.8, 4) is 11.5 Å². The van der Waals surface area contributed by atoms with E-state index in [1.165, 1.54) is 6.08 Å². The van der Waals surface area contributed by atoms with Gasteiger partial charge in [-0.1, -0.05) is 37.1 Å². The molecule has 2 rings (SSSR count). The molecule has 0 atom stereocenters. The standard InChI is InChI=1S/C20H22ClNO3/c1-3-4-13-25-19-11-8-16(21)14-18(19)22-20(23)12-7-15-5-9-17(24-2)10-6-15/h5-12,14H,3-4,13H2,1-2H3,(H,22,23)/b12-7+. The van der Waals surface area contributed by atoms with Crippen LogP contribution >= 0.6 is 11.6 Å². The lowest BCUT2D eigenvalue weighted by Gasteiger charge is -2.12. The summed E-state index contributed by atoms with van der Waals surface area (Å²) in [6, 6.07) is 12.6. The Balaban J connectivity index is 2.03. The van der Waals surface area contributed by atoms with Crippen molar-refractivity contribution in [3.05, 3.63) is 59.1 Å². The van der Waals surface area contributed by atoms with Gasteiger partial charge in [0.05, 0.1) is 19.4 Å². The number of hydrogen-bond acceptors (Lipinski definition) is 3. The van der Waals surface area contributed by atoms with Gasteiger partial charge >= 0.3 is 0 Å². The van der Waals surface area contributed by atoms with E-state index in [4.69, 9.17) is 21.1 Å². The number of carbonyl (C=O) groups is 1. The van der Waals surface area contributed by atoms with Crippen LogP contribution in [0.2, 0.25) is 5.02 Å². The molecule has 25 heavy (non-hydrogen) atoms. The molecule has 0 bridgehead atoms. The van der Waals surface area contributed by atoms with Gasteiger partial charge in [0, 0.05) is 11.1 Å². The van der Waals surface area contributed by atoms with Crippen LogP contribution in [0.1, 0.15) is 25.3 Å². The maximum Gasteiger partial charge on any atom is 0.248 e. The van der Waals surface area contributed by atoms with Crippen molar-refractivity contribution in [2.45, 2.75) is 19.8 Å². The van der Waals surface area contributed by atoms with E-state index in [1.54, 1.807) is 31.4 Å². The third-order valence-corrected chi connectivity index (χ3v) is 3.73. The monoisotopic (exact) mass is 359 g/mol. The second-order valence-corrected chi connectivity index (χ2v) is 5.87. The van der Waals surface area contributed by atoms with E-state index in [1.807, 2.05) is 24.3 Å². The van der Waals surface area contributed by atoms with Gasteiger partial charge in [-0.05, 0) is 48.4 Å². The van der Waals surface area contributed by atoms with Gasteiger partial charge in [0.15, 0.2) is 0 Å². The Labute approximate surface area is 153 Å². The molecule has 0 fully saturated rings. The summed E-state index contributed by atoms with van der Waals surface area (Å²) in [7, 11) is 1.61. The van der Waals surface area contributed by atoms with E-state index >= 15 is 0 Å². The summed E-state index contributed by atoms with van der Waals surface area (Å²) >= 11 is 6.03. The maximum absolute atomic E-state index is 12.2. The molecule has 0 saturated carbocycles. The zero-order valence-electron chi connectivity index (χ0n) is 14.4. The molecule has 0 saturated heterocycles. The van der Waals surface area contributed by atoms with Crippen LogP contribution in [-0.2, 0) is 4.79 Å². The average molecular weight is 360 g/mol. The first-order valence-electron chi connectivity index (χ1n) is 8.18. The number of hydrogen-bond donors (Lipinski definition) is 1. The maximum atomic E-state index is 12.2. The number of unbranched alkanes of at least 4 members (excludes halogenated alkanes) is 1. The molecule has 0 aliphatic carbocycles. The molecule has 1 N–H and O–H groups in total. The fraction of sp³-hybridized carbons (Fsp3) is 0.250. The Bertz CT molecular complexity index is 726. The smallest absolute Gasteiger partial charge is 0.248 e. The van der Waals surface area contributed by atoms with Crippen molar-refractivity contribution in [1.29, 1.82) is 0 Å². The SMILES string of the molecule is CCCCOc1ccc(Cl)cc1NC(=O)/C=C/c1ccc(OC)cc1. The molecule has 2 aromatic carbocycles. The topological polar surface area (TPSA) is 47.6 Å². The Morgan fingerprint density at radius 3 is 2.64 bits per heavy atom. The Morgan fingerprint density at radius 2 is 1.96 bits per heavy atom. The number of carbonyl (C=O) groups excluding carboxylic acids is 1. The van der Waals surface area contributed by atoms with Gasteiger partial charge in [-0.2, -0.15) is 0 Å². The first-order valence-corrected chi connectivity index (χ1v) is 8.55. The van der Waals surface area contributed by atoms with Gasteiger partial charge in [-0.3, -0.25) is 4.79 Å². The molecule has 1 amide bonds. The minimum absolute atomic E-state index is 0.251. The molecule has 0 radical (unpaired) electrons. The molecule has 0 heterocycles. The van der Waals surface area contributed by atoms with Crippen molar-refractivity contribution in [2.75, 3.05) is 19.0 Å². The minimum Gasteiger partial charge on any atom is -0.497 e. The van der Waals surface area contributed by atoms with Crippen molar-refractivity contribution in [3.63, 3.8) is 0 Å². The van der Waals surface area contributed by atoms with Crippen LogP contribution in [-0.4, -0.2) is 19.6 Å². The number of methoxy groups -OCH3 is 1. The van der Waals surface area contributed by atoms with Crippen molar-refractivity contribution < 1.29 is 14.3 Å². The fourth-order valence-electron chi connectivity index (χ4n) is 2.11. The predicted octanol–water partition coefficient (Wildman–Crippen LogP) is 5.18. The summed E-state index contributed by atoms with van der Waals surface area (Å²) in [6.07, 6.45) is 5.20. The molecular formula is C20H22ClNO3. The Hall–Kier alpha value is -2.46. The summed E-state index contributed by atoms with van der Waals surface area (Å²) in [4.78, 5) is 12.2. The number of amides is 1. The van der Waals surface area contributed by atoms with Crippen molar-refractivity contribution in [2.24, 2.45) is 0 Å². The van der Waals surface area contributed by atoms with E-state index < -0.39 is 0 Å². The lowest BCUT2D eigenvalue weighted by molar-refractivity contribution is -0.111. The molecule has 0 spiro atoms. The number of halogens is 1. The van der Waals surface area contributed by atoms with Crippen LogP contribution in [0.25, 0.3) is 6.08 Å². The fourth-order valence-corrected chi connectivity index (χ4v) is 2.29. The molecule has 0 unspecified atom stereocenters. The molecule has 5 heteroatoms. The molecule has 0 aliphatic rings. The van der Waals surface area contributed by atoms with Crippen LogP contribution in [0.15, 0.2) is 48.5 Å². The lowest BCUT2D eigenvalue weighted by atomic mass is 10.2. The van der Waals surface area contributed by atoms with Gasteiger partial charge in [-0.25, -0.2) is 0 Å². The highest BCUT2D eigenvalue weighted by molar-refractivity contribution is 6.31. The van der Waals surface area contributed by atoms with E-state index in [0.29, 0.717) is 23.1 Å². The first-order chi connectivity index (χ1) is 12.1. The highest BCUT2D eigenvalue weighted by Crippen LogP contribution is 2.28.